The Labute approximate surface area is 112 Å². The molecule has 18 heavy (non-hydrogen) atoms. The first-order valence-corrected chi connectivity index (χ1v) is 6.53. The zero-order chi connectivity index (χ0) is 12.5. The first-order chi connectivity index (χ1) is 8.72. The molecule has 94 valence electrons. The number of anilines is 1. The molecule has 0 atom stereocenters. The number of hydrogen-bond acceptors (Lipinski definition) is 4. The minimum absolute atomic E-state index is 0.261. The maximum absolute atomic E-state index is 13.6. The van der Waals surface area contributed by atoms with Gasteiger partial charge in [-0.25, -0.2) is 4.39 Å². The Hall–Kier alpha value is -1.43. The molecule has 1 aromatic carbocycles. The molecule has 4 nitrogen and oxygen atoms in total. The fraction of sp³-hybridized carbons (Fsp3) is 0.333. The molecule has 0 saturated heterocycles. The molecule has 1 aromatic heterocycles. The molecule has 1 saturated carbocycles. The molecule has 1 aliphatic rings. The molecule has 3 rings (SSSR count). The van der Waals surface area contributed by atoms with Crippen LogP contribution in [0, 0.1) is 5.82 Å². The lowest BCUT2D eigenvalue weighted by atomic mass is 10.2. The predicted molar refractivity (Wildman–Crippen MR) is 67.7 cm³/mol. The highest BCUT2D eigenvalue weighted by Crippen LogP contribution is 2.39. The van der Waals surface area contributed by atoms with Crippen LogP contribution in [0.15, 0.2) is 27.2 Å². The first kappa shape index (κ1) is 11.6. The molecule has 1 heterocycles. The third-order valence-corrected chi connectivity index (χ3v) is 3.31. The summed E-state index contributed by atoms with van der Waals surface area (Å²) in [4.78, 5) is 4.21. The van der Waals surface area contributed by atoms with Crippen molar-refractivity contribution < 1.29 is 8.91 Å². The van der Waals surface area contributed by atoms with E-state index in [1.54, 1.807) is 12.1 Å². The Morgan fingerprint density at radius 2 is 2.28 bits per heavy atom. The standard InChI is InChI=1S/C12H11BrFN3O/c13-9-4-3-8(10(14)5-9)6-15-12-16-11(18-17-12)7-1-2-7/h3-5,7H,1-2,6H2,(H,15,17). The van der Waals surface area contributed by atoms with Crippen molar-refractivity contribution in [3.63, 3.8) is 0 Å². The molecule has 1 fully saturated rings. The molecule has 0 spiro atoms. The highest BCUT2D eigenvalue weighted by Gasteiger charge is 2.29. The molecule has 1 N–H and O–H groups in total. The Kier molecular flexibility index (Phi) is 3.03. The minimum atomic E-state index is -0.261. The van der Waals surface area contributed by atoms with Gasteiger partial charge in [0.1, 0.15) is 5.82 Å². The predicted octanol–water partition coefficient (Wildman–Crippen LogP) is 3.46. The maximum Gasteiger partial charge on any atom is 0.263 e. The van der Waals surface area contributed by atoms with E-state index < -0.39 is 0 Å². The van der Waals surface area contributed by atoms with E-state index >= 15 is 0 Å². The summed E-state index contributed by atoms with van der Waals surface area (Å²) in [5.74, 6) is 1.26. The second-order valence-corrected chi connectivity index (χ2v) is 5.24. The molecule has 0 aliphatic heterocycles. The van der Waals surface area contributed by atoms with E-state index in [1.807, 2.05) is 0 Å². The number of aromatic nitrogens is 2. The van der Waals surface area contributed by atoms with Gasteiger partial charge in [0.15, 0.2) is 0 Å². The molecular formula is C12H11BrFN3O. The van der Waals surface area contributed by atoms with Gasteiger partial charge in [-0.3, -0.25) is 0 Å². The quantitative estimate of drug-likeness (QED) is 0.939. The summed E-state index contributed by atoms with van der Waals surface area (Å²) in [6.45, 7) is 0.336. The summed E-state index contributed by atoms with van der Waals surface area (Å²) in [6.07, 6.45) is 2.23. The largest absolute Gasteiger partial charge is 0.347 e. The Balaban J connectivity index is 1.65. The van der Waals surface area contributed by atoms with E-state index in [2.05, 4.69) is 31.4 Å². The van der Waals surface area contributed by atoms with Crippen molar-refractivity contribution >= 4 is 21.9 Å². The minimum Gasteiger partial charge on any atom is -0.347 e. The van der Waals surface area contributed by atoms with Crippen molar-refractivity contribution in [1.29, 1.82) is 0 Å². The van der Waals surface area contributed by atoms with Gasteiger partial charge in [-0.15, -0.1) is 0 Å². The van der Waals surface area contributed by atoms with Crippen LogP contribution in [0.3, 0.4) is 0 Å². The molecule has 6 heteroatoms. The summed E-state index contributed by atoms with van der Waals surface area (Å²) in [5.41, 5.74) is 0.566. The molecular weight excluding hydrogens is 301 g/mol. The lowest BCUT2D eigenvalue weighted by molar-refractivity contribution is 0.380. The Morgan fingerprint density at radius 1 is 1.44 bits per heavy atom. The molecule has 0 unspecified atom stereocenters. The molecule has 0 radical (unpaired) electrons. The van der Waals surface area contributed by atoms with E-state index in [4.69, 9.17) is 4.52 Å². The van der Waals surface area contributed by atoms with Gasteiger partial charge >= 0.3 is 0 Å². The summed E-state index contributed by atoms with van der Waals surface area (Å²) >= 11 is 3.22. The summed E-state index contributed by atoms with van der Waals surface area (Å²) in [5, 5.41) is 6.76. The van der Waals surface area contributed by atoms with Crippen LogP contribution in [0.2, 0.25) is 0 Å². The van der Waals surface area contributed by atoms with Crippen LogP contribution >= 0.6 is 15.9 Å². The van der Waals surface area contributed by atoms with Crippen molar-refractivity contribution in [3.05, 3.63) is 39.9 Å². The molecule has 0 bridgehead atoms. The Bertz CT molecular complexity index is 568. The van der Waals surface area contributed by atoms with Crippen LogP contribution in [0.5, 0.6) is 0 Å². The van der Waals surface area contributed by atoms with Crippen molar-refractivity contribution in [2.75, 3.05) is 5.32 Å². The van der Waals surface area contributed by atoms with Crippen LogP contribution in [-0.4, -0.2) is 10.1 Å². The van der Waals surface area contributed by atoms with Crippen molar-refractivity contribution in [2.24, 2.45) is 0 Å². The van der Waals surface area contributed by atoms with Crippen molar-refractivity contribution in [1.82, 2.24) is 10.1 Å². The second-order valence-electron chi connectivity index (χ2n) is 4.32. The van der Waals surface area contributed by atoms with Crippen LogP contribution in [-0.2, 0) is 6.54 Å². The third kappa shape index (κ3) is 2.53. The monoisotopic (exact) mass is 311 g/mol. The highest BCUT2D eigenvalue weighted by atomic mass is 79.9. The van der Waals surface area contributed by atoms with Gasteiger partial charge in [0.25, 0.3) is 5.95 Å². The van der Waals surface area contributed by atoms with Crippen LogP contribution in [0.1, 0.15) is 30.2 Å². The number of hydrogen-bond donors (Lipinski definition) is 1. The number of rotatable bonds is 4. The average Bonchev–Trinajstić information content (AvgIpc) is 3.08. The normalized spacial score (nSPS) is 14.8. The third-order valence-electron chi connectivity index (χ3n) is 2.82. The number of halogens is 2. The van der Waals surface area contributed by atoms with E-state index in [0.29, 0.717) is 29.9 Å². The first-order valence-electron chi connectivity index (χ1n) is 5.74. The van der Waals surface area contributed by atoms with Gasteiger partial charge in [-0.05, 0) is 30.1 Å². The fourth-order valence-electron chi connectivity index (χ4n) is 1.64. The summed E-state index contributed by atoms with van der Waals surface area (Å²) < 4.78 is 19.4. The van der Waals surface area contributed by atoms with Gasteiger partial charge in [0.2, 0.25) is 5.89 Å². The number of nitrogens with zero attached hydrogens (tertiary/aromatic N) is 2. The number of benzene rings is 1. The van der Waals surface area contributed by atoms with E-state index in [-0.39, 0.29) is 5.82 Å². The zero-order valence-corrected chi connectivity index (χ0v) is 11.1. The van der Waals surface area contributed by atoms with E-state index in [0.717, 1.165) is 17.3 Å². The molecule has 0 amide bonds. The van der Waals surface area contributed by atoms with Gasteiger partial charge in [-0.2, -0.15) is 4.98 Å². The fourth-order valence-corrected chi connectivity index (χ4v) is 1.98. The zero-order valence-electron chi connectivity index (χ0n) is 9.49. The van der Waals surface area contributed by atoms with Crippen molar-refractivity contribution in [3.8, 4) is 0 Å². The lowest BCUT2D eigenvalue weighted by Crippen LogP contribution is -2.03. The van der Waals surface area contributed by atoms with E-state index in [9.17, 15) is 4.39 Å². The second kappa shape index (κ2) is 4.68. The average molecular weight is 312 g/mol. The van der Waals surface area contributed by atoms with E-state index in [1.165, 1.54) is 6.07 Å². The summed E-state index contributed by atoms with van der Waals surface area (Å²) in [7, 11) is 0. The highest BCUT2D eigenvalue weighted by molar-refractivity contribution is 9.10. The Morgan fingerprint density at radius 3 is 3.00 bits per heavy atom. The SMILES string of the molecule is Fc1cc(Br)ccc1CNc1noc(C2CC2)n1. The van der Waals surface area contributed by atoms with Gasteiger partial charge in [-0.1, -0.05) is 22.0 Å². The van der Waals surface area contributed by atoms with Gasteiger partial charge < -0.3 is 9.84 Å². The summed E-state index contributed by atoms with van der Waals surface area (Å²) in [6, 6.07) is 4.95. The van der Waals surface area contributed by atoms with Gasteiger partial charge in [0, 0.05) is 22.5 Å². The van der Waals surface area contributed by atoms with Crippen LogP contribution < -0.4 is 5.32 Å². The number of nitrogens with one attached hydrogen (secondary N) is 1. The van der Waals surface area contributed by atoms with Crippen LogP contribution in [0.25, 0.3) is 0 Å². The topological polar surface area (TPSA) is 51.0 Å². The smallest absolute Gasteiger partial charge is 0.263 e. The maximum atomic E-state index is 13.6. The molecule has 1 aliphatic carbocycles. The van der Waals surface area contributed by atoms with Gasteiger partial charge in [0.05, 0.1) is 0 Å². The molecule has 2 aromatic rings. The van der Waals surface area contributed by atoms with Crippen molar-refractivity contribution in [2.45, 2.75) is 25.3 Å². The lowest BCUT2D eigenvalue weighted by Gasteiger charge is -2.03. The van der Waals surface area contributed by atoms with Crippen LogP contribution in [0.4, 0.5) is 10.3 Å².